The Balaban J connectivity index is 1.39. The van der Waals surface area contributed by atoms with Crippen LogP contribution in [0.2, 0.25) is 0 Å². The summed E-state index contributed by atoms with van der Waals surface area (Å²) in [4.78, 5) is 9.22. The molecule has 2 aromatic heterocycles. The number of aryl methyl sites for hydroxylation is 3. The Labute approximate surface area is 213 Å². The van der Waals surface area contributed by atoms with Gasteiger partial charge >= 0.3 is 0 Å². The molecule has 7 nitrogen and oxygen atoms in total. The van der Waals surface area contributed by atoms with Crippen molar-refractivity contribution in [2.75, 3.05) is 24.8 Å². The van der Waals surface area contributed by atoms with Crippen molar-refractivity contribution in [2.24, 2.45) is 12.0 Å². The van der Waals surface area contributed by atoms with Crippen LogP contribution in [0.15, 0.2) is 72.0 Å². The van der Waals surface area contributed by atoms with Crippen molar-refractivity contribution in [3.8, 4) is 17.0 Å². The predicted molar refractivity (Wildman–Crippen MR) is 149 cm³/mol. The summed E-state index contributed by atoms with van der Waals surface area (Å²) in [6.45, 7) is 4.13. The second-order valence-corrected chi connectivity index (χ2v) is 8.79. The molecule has 0 fully saturated rings. The number of anilines is 2. The van der Waals surface area contributed by atoms with Crippen LogP contribution in [0.3, 0.4) is 0 Å². The quantitative estimate of drug-likeness (QED) is 0.258. The van der Waals surface area contributed by atoms with Crippen LogP contribution in [-0.2, 0) is 13.5 Å². The Hall–Kier alpha value is -4.13. The van der Waals surface area contributed by atoms with E-state index in [2.05, 4.69) is 76.2 Å². The fourth-order valence-electron chi connectivity index (χ4n) is 4.11. The summed E-state index contributed by atoms with van der Waals surface area (Å²) in [5.74, 6) is 0.840. The van der Waals surface area contributed by atoms with Crippen molar-refractivity contribution in [3.63, 3.8) is 0 Å². The van der Waals surface area contributed by atoms with E-state index in [0.29, 0.717) is 0 Å². The molecular formula is C29H34N6O. The Morgan fingerprint density at radius 2 is 1.92 bits per heavy atom. The molecule has 186 valence electrons. The van der Waals surface area contributed by atoms with Crippen LogP contribution in [0.5, 0.6) is 5.75 Å². The summed E-state index contributed by atoms with van der Waals surface area (Å²) in [7, 11) is 5.56. The van der Waals surface area contributed by atoms with Crippen LogP contribution < -0.4 is 15.4 Å². The minimum Gasteiger partial charge on any atom is -0.495 e. The Kier molecular flexibility index (Phi) is 8.00. The average molecular weight is 483 g/mol. The number of hydrogen-bond acceptors (Lipinski definition) is 6. The first-order chi connectivity index (χ1) is 17.5. The van der Waals surface area contributed by atoms with Crippen LogP contribution in [0.25, 0.3) is 11.3 Å². The number of nitrogens with one attached hydrogen (secondary N) is 2. The lowest BCUT2D eigenvalue weighted by atomic mass is 10.1. The van der Waals surface area contributed by atoms with Crippen molar-refractivity contribution in [2.45, 2.75) is 32.7 Å². The van der Waals surface area contributed by atoms with Crippen LogP contribution in [-0.4, -0.2) is 35.1 Å². The van der Waals surface area contributed by atoms with Gasteiger partial charge in [-0.05, 0) is 74.2 Å². The normalized spacial score (nSPS) is 12.0. The number of benzene rings is 2. The minimum atomic E-state index is 0.154. The van der Waals surface area contributed by atoms with Crippen molar-refractivity contribution in [3.05, 3.63) is 83.8 Å². The largest absolute Gasteiger partial charge is 0.495 e. The monoisotopic (exact) mass is 482 g/mol. The van der Waals surface area contributed by atoms with Crippen LogP contribution >= 0.6 is 0 Å². The van der Waals surface area contributed by atoms with Gasteiger partial charge in [0.25, 0.3) is 0 Å². The number of rotatable bonds is 10. The van der Waals surface area contributed by atoms with Gasteiger partial charge in [0, 0.05) is 50.0 Å². The SMILES string of the molecule is CNc1ccc(C(C)Nc2ccc(CCC=Nc3cc(-c4ccnn4C)cnc3C)cc2OC)cc1. The summed E-state index contributed by atoms with van der Waals surface area (Å²) in [6, 6.07) is 19.0. The third-order valence-corrected chi connectivity index (χ3v) is 6.31. The summed E-state index contributed by atoms with van der Waals surface area (Å²) >= 11 is 0. The van der Waals surface area contributed by atoms with Gasteiger partial charge in [0.15, 0.2) is 0 Å². The lowest BCUT2D eigenvalue weighted by molar-refractivity contribution is 0.415. The van der Waals surface area contributed by atoms with Gasteiger partial charge < -0.3 is 15.4 Å². The number of ether oxygens (including phenoxy) is 1. The van der Waals surface area contributed by atoms with Crippen molar-refractivity contribution >= 4 is 23.3 Å². The third-order valence-electron chi connectivity index (χ3n) is 6.31. The van der Waals surface area contributed by atoms with E-state index in [0.717, 1.165) is 52.6 Å². The number of nitrogens with zero attached hydrogens (tertiary/aromatic N) is 4. The van der Waals surface area contributed by atoms with Gasteiger partial charge in [-0.3, -0.25) is 14.7 Å². The lowest BCUT2D eigenvalue weighted by Gasteiger charge is -2.19. The standard InChI is InChI=1S/C29H34N6O/c1-20(23-9-11-25(30-3)12-10-23)34-26-13-8-22(17-29(26)36-5)7-6-15-31-27-18-24(19-32-21(27)2)28-14-16-33-35(28)4/h8-20,30,34H,6-7H2,1-5H3. The molecule has 0 aliphatic carbocycles. The molecular weight excluding hydrogens is 448 g/mol. The summed E-state index contributed by atoms with van der Waals surface area (Å²) in [5.41, 5.74) is 8.31. The van der Waals surface area contributed by atoms with Crippen molar-refractivity contribution < 1.29 is 4.74 Å². The van der Waals surface area contributed by atoms with Crippen molar-refractivity contribution in [1.82, 2.24) is 14.8 Å². The molecule has 0 saturated heterocycles. The third kappa shape index (κ3) is 5.92. The second-order valence-electron chi connectivity index (χ2n) is 8.79. The fourth-order valence-corrected chi connectivity index (χ4v) is 4.11. The molecule has 0 amide bonds. The van der Waals surface area contributed by atoms with E-state index in [1.807, 2.05) is 44.2 Å². The number of methoxy groups -OCH3 is 1. The predicted octanol–water partition coefficient (Wildman–Crippen LogP) is 6.35. The van der Waals surface area contributed by atoms with E-state index >= 15 is 0 Å². The van der Waals surface area contributed by atoms with E-state index in [1.54, 1.807) is 13.3 Å². The molecule has 1 atom stereocenters. The highest BCUT2D eigenvalue weighted by Gasteiger charge is 2.10. The van der Waals surface area contributed by atoms with E-state index in [4.69, 9.17) is 9.73 Å². The first-order valence-corrected chi connectivity index (χ1v) is 12.2. The van der Waals surface area contributed by atoms with E-state index in [9.17, 15) is 0 Å². The molecule has 0 radical (unpaired) electrons. The number of pyridine rings is 1. The lowest BCUT2D eigenvalue weighted by Crippen LogP contribution is -2.08. The Morgan fingerprint density at radius 3 is 2.61 bits per heavy atom. The molecule has 2 N–H and O–H groups in total. The maximum absolute atomic E-state index is 5.69. The molecule has 0 bridgehead atoms. The maximum atomic E-state index is 5.69. The molecule has 36 heavy (non-hydrogen) atoms. The summed E-state index contributed by atoms with van der Waals surface area (Å²) < 4.78 is 7.53. The molecule has 0 spiro atoms. The molecule has 7 heteroatoms. The number of hydrogen-bond donors (Lipinski definition) is 2. The highest BCUT2D eigenvalue weighted by molar-refractivity contribution is 5.69. The van der Waals surface area contributed by atoms with Gasteiger partial charge in [-0.15, -0.1) is 0 Å². The van der Waals surface area contributed by atoms with Crippen LogP contribution in [0.1, 0.15) is 36.2 Å². The Bertz CT molecular complexity index is 1330. The second kappa shape index (κ2) is 11.5. The highest BCUT2D eigenvalue weighted by atomic mass is 16.5. The van der Waals surface area contributed by atoms with E-state index in [-0.39, 0.29) is 6.04 Å². The Morgan fingerprint density at radius 1 is 1.11 bits per heavy atom. The van der Waals surface area contributed by atoms with Crippen LogP contribution in [0.4, 0.5) is 17.1 Å². The van der Waals surface area contributed by atoms with E-state index in [1.165, 1.54) is 11.1 Å². The van der Waals surface area contributed by atoms with Gasteiger partial charge in [0.2, 0.25) is 0 Å². The summed E-state index contributed by atoms with van der Waals surface area (Å²) in [6.07, 6.45) is 7.31. The van der Waals surface area contributed by atoms with Gasteiger partial charge in [-0.1, -0.05) is 18.2 Å². The molecule has 4 aromatic rings. The first kappa shape index (κ1) is 25.0. The topological polar surface area (TPSA) is 76.4 Å². The number of aromatic nitrogens is 3. The highest BCUT2D eigenvalue weighted by Crippen LogP contribution is 2.30. The van der Waals surface area contributed by atoms with E-state index < -0.39 is 0 Å². The molecule has 4 rings (SSSR count). The van der Waals surface area contributed by atoms with Crippen LogP contribution in [0, 0.1) is 6.92 Å². The smallest absolute Gasteiger partial charge is 0.142 e. The summed E-state index contributed by atoms with van der Waals surface area (Å²) in [5, 5.41) is 11.0. The maximum Gasteiger partial charge on any atom is 0.142 e. The first-order valence-electron chi connectivity index (χ1n) is 12.2. The molecule has 0 aliphatic heterocycles. The molecule has 1 unspecified atom stereocenters. The van der Waals surface area contributed by atoms with Gasteiger partial charge in [0.05, 0.1) is 29.9 Å². The zero-order chi connectivity index (χ0) is 25.5. The molecule has 0 saturated carbocycles. The van der Waals surface area contributed by atoms with Crippen molar-refractivity contribution in [1.29, 1.82) is 0 Å². The minimum absolute atomic E-state index is 0.154. The number of aliphatic imine (C=N–C) groups is 1. The molecule has 2 aromatic carbocycles. The van der Waals surface area contributed by atoms with Gasteiger partial charge in [-0.2, -0.15) is 5.10 Å². The zero-order valence-corrected chi connectivity index (χ0v) is 21.6. The molecule has 2 heterocycles. The zero-order valence-electron chi connectivity index (χ0n) is 21.6. The van der Waals surface area contributed by atoms with Gasteiger partial charge in [0.1, 0.15) is 5.75 Å². The van der Waals surface area contributed by atoms with Gasteiger partial charge in [-0.25, -0.2) is 0 Å². The molecule has 0 aliphatic rings. The average Bonchev–Trinajstić information content (AvgIpc) is 3.34. The fraction of sp³-hybridized carbons (Fsp3) is 0.276.